The van der Waals surface area contributed by atoms with Crippen molar-refractivity contribution in [3.8, 4) is 11.5 Å². The number of ether oxygens (including phenoxy) is 3. The quantitative estimate of drug-likeness (QED) is 0.341. The van der Waals surface area contributed by atoms with Crippen LogP contribution in [-0.4, -0.2) is 72.6 Å². The highest BCUT2D eigenvalue weighted by Gasteiger charge is 2.30. The lowest BCUT2D eigenvalue weighted by molar-refractivity contribution is -0.133. The number of likely N-dealkylation sites (tertiary alicyclic amines) is 1. The Morgan fingerprint density at radius 1 is 1.17 bits per heavy atom. The molecule has 1 fully saturated rings. The van der Waals surface area contributed by atoms with Crippen molar-refractivity contribution in [2.24, 2.45) is 5.92 Å². The summed E-state index contributed by atoms with van der Waals surface area (Å²) in [4.78, 5) is 40.7. The second-order valence-electron chi connectivity index (χ2n) is 10.4. The van der Waals surface area contributed by atoms with Gasteiger partial charge in [0.05, 0.1) is 13.7 Å². The summed E-state index contributed by atoms with van der Waals surface area (Å²) < 4.78 is 16.7. The van der Waals surface area contributed by atoms with E-state index in [0.29, 0.717) is 49.6 Å². The molecule has 196 valence electrons. The molecule has 1 atom stereocenters. The molecule has 1 unspecified atom stereocenters. The molecule has 0 bridgehead atoms. The third-order valence-corrected chi connectivity index (χ3v) is 5.94. The summed E-state index contributed by atoms with van der Waals surface area (Å²) in [6.45, 7) is 13.4. The average Bonchev–Trinajstić information content (AvgIpc) is 2.78. The molecule has 0 aliphatic carbocycles. The van der Waals surface area contributed by atoms with Gasteiger partial charge in [-0.25, -0.2) is 4.79 Å². The fourth-order valence-electron chi connectivity index (χ4n) is 4.10. The van der Waals surface area contributed by atoms with Crippen LogP contribution in [-0.2, 0) is 9.53 Å². The number of piperidine rings is 1. The molecule has 0 aromatic heterocycles. The zero-order valence-corrected chi connectivity index (χ0v) is 22.4. The molecule has 1 aliphatic rings. The minimum atomic E-state index is -0.541. The molecule has 1 saturated heterocycles. The van der Waals surface area contributed by atoms with Crippen molar-refractivity contribution in [2.75, 3.05) is 33.4 Å². The maximum atomic E-state index is 12.8. The van der Waals surface area contributed by atoms with E-state index in [-0.39, 0.29) is 29.7 Å². The first-order chi connectivity index (χ1) is 16.4. The Balaban J connectivity index is 1.84. The van der Waals surface area contributed by atoms with Crippen molar-refractivity contribution in [1.82, 2.24) is 9.80 Å². The van der Waals surface area contributed by atoms with Crippen molar-refractivity contribution in [3.63, 3.8) is 0 Å². The Morgan fingerprint density at radius 3 is 2.49 bits per heavy atom. The van der Waals surface area contributed by atoms with Gasteiger partial charge in [0.15, 0.2) is 17.3 Å². The van der Waals surface area contributed by atoms with E-state index in [1.807, 2.05) is 39.5 Å². The topological polar surface area (TPSA) is 85.4 Å². The summed E-state index contributed by atoms with van der Waals surface area (Å²) in [5.41, 5.74) is 0.0205. The van der Waals surface area contributed by atoms with E-state index >= 15 is 0 Å². The second-order valence-corrected chi connectivity index (χ2v) is 10.4. The molecule has 1 heterocycles. The molecule has 8 heteroatoms. The number of rotatable bonds is 10. The van der Waals surface area contributed by atoms with Gasteiger partial charge in [0.1, 0.15) is 5.60 Å². The van der Waals surface area contributed by atoms with Crippen LogP contribution in [0.4, 0.5) is 4.79 Å². The van der Waals surface area contributed by atoms with Crippen molar-refractivity contribution < 1.29 is 28.6 Å². The second kappa shape index (κ2) is 12.8. The molecule has 2 rings (SSSR count). The van der Waals surface area contributed by atoms with Gasteiger partial charge in [-0.2, -0.15) is 0 Å². The van der Waals surface area contributed by atoms with Gasteiger partial charge < -0.3 is 24.0 Å². The normalized spacial score (nSPS) is 16.1. The smallest absolute Gasteiger partial charge is 0.410 e. The predicted molar refractivity (Wildman–Crippen MR) is 135 cm³/mol. The van der Waals surface area contributed by atoms with Gasteiger partial charge in [0, 0.05) is 37.7 Å². The zero-order valence-electron chi connectivity index (χ0n) is 22.4. The summed E-state index contributed by atoms with van der Waals surface area (Å²) >= 11 is 0. The molecule has 0 radical (unpaired) electrons. The number of hydrogen-bond donors (Lipinski definition) is 0. The number of carbonyl (C=O) groups excluding carboxylic acids is 3. The standard InChI is InChI=1S/C27H42N2O6/c1-19(2)29(26(32)35-27(4,5)6)18-21-10-8-14-28(17-21)25(31)11-9-15-34-23-13-12-22(20(3)30)16-24(23)33-7/h12-13,16,19,21H,8-11,14-15,17-18H2,1-7H3. The maximum absolute atomic E-state index is 12.8. The first kappa shape index (κ1) is 28.5. The van der Waals surface area contributed by atoms with Crippen LogP contribution in [0.3, 0.4) is 0 Å². The van der Waals surface area contributed by atoms with Crippen LogP contribution >= 0.6 is 0 Å². The fourth-order valence-corrected chi connectivity index (χ4v) is 4.10. The third-order valence-electron chi connectivity index (χ3n) is 5.94. The monoisotopic (exact) mass is 490 g/mol. The van der Waals surface area contributed by atoms with Crippen LogP contribution in [0.25, 0.3) is 0 Å². The van der Waals surface area contributed by atoms with Gasteiger partial charge in [0.25, 0.3) is 0 Å². The maximum Gasteiger partial charge on any atom is 0.410 e. The fraction of sp³-hybridized carbons (Fsp3) is 0.667. The molecule has 2 amide bonds. The summed E-state index contributed by atoms with van der Waals surface area (Å²) in [5.74, 6) is 1.35. The Kier molecular flexibility index (Phi) is 10.4. The van der Waals surface area contributed by atoms with E-state index in [2.05, 4.69) is 0 Å². The molecule has 0 saturated carbocycles. The van der Waals surface area contributed by atoms with Crippen molar-refractivity contribution >= 4 is 17.8 Å². The number of amides is 2. The predicted octanol–water partition coefficient (Wildman–Crippen LogP) is 4.94. The first-order valence-corrected chi connectivity index (χ1v) is 12.5. The molecule has 1 aromatic rings. The molecular weight excluding hydrogens is 448 g/mol. The number of ketones is 1. The Labute approximate surface area is 209 Å². The number of benzene rings is 1. The van der Waals surface area contributed by atoms with Gasteiger partial charge in [-0.3, -0.25) is 9.59 Å². The van der Waals surface area contributed by atoms with Crippen molar-refractivity contribution in [1.29, 1.82) is 0 Å². The number of nitrogens with zero attached hydrogens (tertiary/aromatic N) is 2. The molecule has 0 spiro atoms. The highest BCUT2D eigenvalue weighted by Crippen LogP contribution is 2.28. The van der Waals surface area contributed by atoms with Gasteiger partial charge in [0.2, 0.25) is 5.91 Å². The minimum Gasteiger partial charge on any atom is -0.493 e. The number of carbonyl (C=O) groups is 3. The highest BCUT2D eigenvalue weighted by atomic mass is 16.6. The lowest BCUT2D eigenvalue weighted by atomic mass is 9.96. The summed E-state index contributed by atoms with van der Waals surface area (Å²) in [6, 6.07) is 5.11. The SMILES string of the molecule is COc1cc(C(C)=O)ccc1OCCCC(=O)N1CCCC(CN(C(=O)OC(C)(C)C)C(C)C)C1. The Bertz CT molecular complexity index is 877. The molecule has 8 nitrogen and oxygen atoms in total. The van der Waals surface area contributed by atoms with Crippen LogP contribution in [0.5, 0.6) is 11.5 Å². The summed E-state index contributed by atoms with van der Waals surface area (Å²) in [5, 5.41) is 0. The zero-order chi connectivity index (χ0) is 26.2. The molecule has 35 heavy (non-hydrogen) atoms. The number of methoxy groups -OCH3 is 1. The van der Waals surface area contributed by atoms with Gasteiger partial charge in [-0.15, -0.1) is 0 Å². The Morgan fingerprint density at radius 2 is 1.89 bits per heavy atom. The van der Waals surface area contributed by atoms with E-state index in [0.717, 1.165) is 19.4 Å². The summed E-state index contributed by atoms with van der Waals surface area (Å²) in [7, 11) is 1.53. The van der Waals surface area contributed by atoms with E-state index in [1.54, 1.807) is 23.1 Å². The minimum absolute atomic E-state index is 0.0228. The van der Waals surface area contributed by atoms with E-state index in [1.165, 1.54) is 14.0 Å². The molecular formula is C27H42N2O6. The number of hydrogen-bond acceptors (Lipinski definition) is 6. The van der Waals surface area contributed by atoms with Crippen molar-refractivity contribution in [2.45, 2.75) is 78.9 Å². The van der Waals surface area contributed by atoms with Crippen LogP contribution in [0, 0.1) is 5.92 Å². The van der Waals surface area contributed by atoms with Crippen LogP contribution in [0.15, 0.2) is 18.2 Å². The third kappa shape index (κ3) is 9.07. The van der Waals surface area contributed by atoms with Gasteiger partial charge in [-0.1, -0.05) is 0 Å². The molecule has 1 aliphatic heterocycles. The summed E-state index contributed by atoms with van der Waals surface area (Å²) in [6.07, 6.45) is 2.57. The molecule has 0 N–H and O–H groups in total. The van der Waals surface area contributed by atoms with Gasteiger partial charge >= 0.3 is 6.09 Å². The number of Topliss-reactive ketones (excluding diaryl/α,β-unsaturated/α-hetero) is 1. The lowest BCUT2D eigenvalue weighted by Crippen LogP contribution is -2.48. The van der Waals surface area contributed by atoms with Crippen molar-refractivity contribution in [3.05, 3.63) is 23.8 Å². The highest BCUT2D eigenvalue weighted by molar-refractivity contribution is 5.94. The van der Waals surface area contributed by atoms with Crippen LogP contribution in [0.1, 0.15) is 77.6 Å². The van der Waals surface area contributed by atoms with Crippen LogP contribution in [0.2, 0.25) is 0 Å². The average molecular weight is 491 g/mol. The van der Waals surface area contributed by atoms with Gasteiger partial charge in [-0.05, 0) is 84.9 Å². The Hall–Kier alpha value is -2.77. The molecule has 1 aromatic carbocycles. The first-order valence-electron chi connectivity index (χ1n) is 12.5. The van der Waals surface area contributed by atoms with Crippen LogP contribution < -0.4 is 9.47 Å². The lowest BCUT2D eigenvalue weighted by Gasteiger charge is -2.37. The van der Waals surface area contributed by atoms with E-state index < -0.39 is 5.60 Å². The largest absolute Gasteiger partial charge is 0.493 e. The van der Waals surface area contributed by atoms with E-state index in [9.17, 15) is 14.4 Å². The van der Waals surface area contributed by atoms with E-state index in [4.69, 9.17) is 14.2 Å².